The second-order valence-corrected chi connectivity index (χ2v) is 19.1. The fourth-order valence-electron chi connectivity index (χ4n) is 9.57. The lowest BCUT2D eigenvalue weighted by Crippen LogP contribution is -2.81. The van der Waals surface area contributed by atoms with Gasteiger partial charge in [-0.3, -0.25) is 14.4 Å². The predicted octanol–water partition coefficient (Wildman–Crippen LogP) is 4.94. The molecule has 1 aromatic carbocycles. The number of isocyanates is 1. The van der Waals surface area contributed by atoms with Crippen LogP contribution in [0.2, 0.25) is 0 Å². The molecule has 2 bridgehead atoms. The maximum Gasteiger partial charge on any atom is 0.408 e. The average molecular weight is 883 g/mol. The number of hydrogen-bond donors (Lipinski definition) is 4. The Labute approximate surface area is 365 Å². The van der Waals surface area contributed by atoms with Gasteiger partial charge in [0.15, 0.2) is 11.4 Å². The molecule has 6 rings (SSSR count). The number of nitrogens with zero attached hydrogens (tertiary/aromatic N) is 1. The number of carbonyl (C=O) groups excluding carboxylic acids is 6. The summed E-state index contributed by atoms with van der Waals surface area (Å²) in [4.78, 5) is 82.1. The van der Waals surface area contributed by atoms with Gasteiger partial charge >= 0.3 is 24.0 Å². The molecule has 1 saturated heterocycles. The van der Waals surface area contributed by atoms with Crippen molar-refractivity contribution in [3.63, 3.8) is 0 Å². The number of aliphatic hydroxyl groups is 3. The minimum Gasteiger partial charge on any atom is -0.457 e. The Hall–Kier alpha value is -4.77. The summed E-state index contributed by atoms with van der Waals surface area (Å²) in [6.45, 7) is 16.2. The number of nitrogens with one attached hydrogen (secondary N) is 1. The molecule has 0 spiro atoms. The molecular formula is C45H58N2O14S. The highest BCUT2D eigenvalue weighted by Crippen LogP contribution is 2.64. The highest BCUT2D eigenvalue weighted by Gasteiger charge is 2.78. The fourth-order valence-corrected chi connectivity index (χ4v) is 10.4. The summed E-state index contributed by atoms with van der Waals surface area (Å²) in [5.74, 6) is -5.74. The van der Waals surface area contributed by atoms with Gasteiger partial charge < -0.3 is 44.3 Å². The highest BCUT2D eigenvalue weighted by molar-refractivity contribution is 7.10. The van der Waals surface area contributed by atoms with Crippen LogP contribution in [0.15, 0.2) is 64.0 Å². The third kappa shape index (κ3) is 8.75. The number of amides is 1. The van der Waals surface area contributed by atoms with Crippen LogP contribution in [0.5, 0.6) is 0 Å². The fraction of sp³-hybridized carbons (Fsp3) is 0.600. The molecule has 2 heterocycles. The standard InChI is InChI=1S/C42H53NO13S.C3H5NO/c1-21-25(53-35(48)22(2)30(26-16-13-17-57-26)43-37(50)56-38(4,5)6)19-42(51)34(54-36(49)24-14-11-10-12-15-24)32-40(9,33(47)31(46)29(21)39(42,7)8)27(45)18-28-41(32,20-52-28)55-23(3)44;1-2-4-3-5/h10-17,22,25,27-28,30-32,34,45-46,51H,18-20H2,1-9H3,(H,43,50);2H2,1H3/t22-,25+,27+,28-,30-,31-,32?,34+,40-,41+,42-;/m1./s1. The van der Waals surface area contributed by atoms with Gasteiger partial charge in [-0.25, -0.2) is 19.4 Å². The number of hydrogen-bond acceptors (Lipinski definition) is 16. The Bertz CT molecular complexity index is 2090. The van der Waals surface area contributed by atoms with Crippen molar-refractivity contribution in [3.8, 4) is 0 Å². The number of esters is 3. The first kappa shape index (κ1) is 48.3. The van der Waals surface area contributed by atoms with Crippen molar-refractivity contribution >= 4 is 47.2 Å². The Balaban J connectivity index is 0.00000137. The minimum absolute atomic E-state index is 0.0227. The molecule has 11 atom stereocenters. The van der Waals surface area contributed by atoms with Gasteiger partial charge in [0.05, 0.1) is 41.6 Å². The summed E-state index contributed by atoms with van der Waals surface area (Å²) in [5, 5.41) is 42.1. The van der Waals surface area contributed by atoms with Crippen molar-refractivity contribution in [2.45, 2.75) is 135 Å². The van der Waals surface area contributed by atoms with E-state index in [0.717, 1.165) is 0 Å². The summed E-state index contributed by atoms with van der Waals surface area (Å²) in [5.41, 5.74) is -7.88. The molecule has 1 unspecified atom stereocenters. The summed E-state index contributed by atoms with van der Waals surface area (Å²) >= 11 is 1.31. The molecule has 2 aromatic rings. The Morgan fingerprint density at radius 2 is 1.73 bits per heavy atom. The molecule has 1 aromatic heterocycles. The number of alkyl carbamates (subject to hydrolysis) is 1. The zero-order chi connectivity index (χ0) is 46.2. The number of carbonyl (C=O) groups is 5. The van der Waals surface area contributed by atoms with Gasteiger partial charge in [-0.15, -0.1) is 11.3 Å². The molecular weight excluding hydrogens is 825 g/mol. The van der Waals surface area contributed by atoms with E-state index in [4.69, 9.17) is 28.5 Å². The largest absolute Gasteiger partial charge is 0.457 e. The van der Waals surface area contributed by atoms with Crippen molar-refractivity contribution < 1.29 is 67.8 Å². The molecule has 17 heteroatoms. The van der Waals surface area contributed by atoms with Crippen LogP contribution in [0.25, 0.3) is 0 Å². The topological polar surface area (TPSA) is 234 Å². The number of ketones is 1. The molecule has 4 aliphatic rings. The van der Waals surface area contributed by atoms with E-state index >= 15 is 0 Å². The lowest BCUT2D eigenvalue weighted by atomic mass is 9.44. The summed E-state index contributed by atoms with van der Waals surface area (Å²) in [6.07, 6.45) is -7.34. The minimum atomic E-state index is -2.26. The van der Waals surface area contributed by atoms with Crippen molar-refractivity contribution in [2.24, 2.45) is 27.7 Å². The predicted molar refractivity (Wildman–Crippen MR) is 223 cm³/mol. The van der Waals surface area contributed by atoms with Crippen molar-refractivity contribution in [1.29, 1.82) is 0 Å². The summed E-state index contributed by atoms with van der Waals surface area (Å²) < 4.78 is 29.9. The van der Waals surface area contributed by atoms with E-state index in [-0.39, 0.29) is 29.7 Å². The molecule has 16 nitrogen and oxygen atoms in total. The van der Waals surface area contributed by atoms with E-state index in [1.165, 1.54) is 43.4 Å². The molecule has 338 valence electrons. The van der Waals surface area contributed by atoms with Crippen molar-refractivity contribution in [3.05, 3.63) is 69.4 Å². The van der Waals surface area contributed by atoms with E-state index in [2.05, 4.69) is 10.3 Å². The third-order valence-corrected chi connectivity index (χ3v) is 13.8. The first-order chi connectivity index (χ1) is 28.9. The SMILES string of the molecule is CC(=O)O[C@@]12CO[C@@H]1C[C@H](O)[C@@]1(C)C(=O)[C@H](O)C3=C(C)[C@@H](OC(=O)[C@H](C)[C@@H](NC(=O)OC(C)(C)C)c4cccs4)C[C@@](O)([C@@H](OC(=O)c4ccccc4)C12)C3(C)C.CCN=C=O. The van der Waals surface area contributed by atoms with Crippen molar-refractivity contribution in [2.75, 3.05) is 13.2 Å². The van der Waals surface area contributed by atoms with Crippen molar-refractivity contribution in [1.82, 2.24) is 5.32 Å². The van der Waals surface area contributed by atoms with Crippen LogP contribution >= 0.6 is 11.3 Å². The summed E-state index contributed by atoms with van der Waals surface area (Å²) in [7, 11) is 0. The second kappa shape index (κ2) is 18.1. The van der Waals surface area contributed by atoms with Crippen LogP contribution in [0, 0.1) is 22.7 Å². The van der Waals surface area contributed by atoms with Crippen LogP contribution in [-0.4, -0.2) is 112 Å². The molecule has 4 N–H and O–H groups in total. The number of aliphatic imine (C=N–C) groups is 1. The second-order valence-electron chi connectivity index (χ2n) is 18.1. The first-order valence-corrected chi connectivity index (χ1v) is 21.5. The van der Waals surface area contributed by atoms with E-state index in [1.54, 1.807) is 91.1 Å². The van der Waals surface area contributed by atoms with E-state index < -0.39 is 112 Å². The number of fused-ring (bicyclic) bond motifs is 5. The smallest absolute Gasteiger partial charge is 0.408 e. The average Bonchev–Trinajstić information content (AvgIpc) is 3.73. The third-order valence-electron chi connectivity index (χ3n) is 12.8. The lowest BCUT2D eigenvalue weighted by Gasteiger charge is -2.67. The number of benzene rings is 1. The summed E-state index contributed by atoms with van der Waals surface area (Å²) in [6, 6.07) is 10.6. The van der Waals surface area contributed by atoms with E-state index in [9.17, 15) is 39.3 Å². The molecule has 3 aliphatic carbocycles. The molecule has 1 aliphatic heterocycles. The van der Waals surface area contributed by atoms with Crippen LogP contribution in [0.1, 0.15) is 103 Å². The number of aliphatic hydroxyl groups excluding tert-OH is 2. The van der Waals surface area contributed by atoms with E-state index in [1.807, 2.05) is 0 Å². The van der Waals surface area contributed by atoms with Gasteiger partial charge in [0.1, 0.15) is 35.6 Å². The van der Waals surface area contributed by atoms with Gasteiger partial charge in [0.25, 0.3) is 0 Å². The molecule has 1 amide bonds. The zero-order valence-corrected chi connectivity index (χ0v) is 37.6. The first-order valence-electron chi connectivity index (χ1n) is 20.6. The van der Waals surface area contributed by atoms with Gasteiger partial charge in [-0.05, 0) is 83.2 Å². The molecule has 0 radical (unpaired) electrons. The van der Waals surface area contributed by atoms with Crippen LogP contribution in [-0.2, 0) is 42.9 Å². The van der Waals surface area contributed by atoms with Gasteiger partial charge in [0, 0.05) is 36.6 Å². The number of Topliss-reactive ketones (excluding diaryl/α,β-unsaturated/α-hetero) is 1. The van der Waals surface area contributed by atoms with Gasteiger partial charge in [-0.2, -0.15) is 0 Å². The zero-order valence-electron chi connectivity index (χ0n) is 36.8. The van der Waals surface area contributed by atoms with Crippen LogP contribution < -0.4 is 5.32 Å². The molecule has 62 heavy (non-hydrogen) atoms. The lowest BCUT2D eigenvalue weighted by molar-refractivity contribution is -0.346. The Morgan fingerprint density at radius 1 is 1.06 bits per heavy atom. The monoisotopic (exact) mass is 882 g/mol. The van der Waals surface area contributed by atoms with Crippen LogP contribution in [0.3, 0.4) is 0 Å². The normalized spacial score (nSPS) is 31.9. The Kier molecular flexibility index (Phi) is 14.1. The maximum atomic E-state index is 15.0. The maximum absolute atomic E-state index is 15.0. The molecule has 2 saturated carbocycles. The van der Waals surface area contributed by atoms with E-state index in [0.29, 0.717) is 11.4 Å². The number of rotatable bonds is 9. The van der Waals surface area contributed by atoms with Gasteiger partial charge in [0.2, 0.25) is 6.08 Å². The van der Waals surface area contributed by atoms with Crippen LogP contribution in [0.4, 0.5) is 4.79 Å². The highest BCUT2D eigenvalue weighted by atomic mass is 32.1. The number of ether oxygens (including phenoxy) is 5. The molecule has 3 fully saturated rings. The quantitative estimate of drug-likeness (QED) is 0.0860. The van der Waals surface area contributed by atoms with Gasteiger partial charge in [-0.1, -0.05) is 38.1 Å². The number of thiophene rings is 1. The Morgan fingerprint density at radius 3 is 2.24 bits per heavy atom.